The maximum Gasteiger partial charge on any atom is 0.261 e. The average Bonchev–Trinajstić information content (AvgIpc) is 2.81. The number of nitrogens with two attached hydrogens (primary N) is 1. The molecule has 18 heavy (non-hydrogen) atoms. The third-order valence-electron chi connectivity index (χ3n) is 2.81. The lowest BCUT2D eigenvalue weighted by Crippen LogP contribution is -2.28. The van der Waals surface area contributed by atoms with Crippen LogP contribution in [0, 0.1) is 6.92 Å². The Labute approximate surface area is 110 Å². The highest BCUT2D eigenvalue weighted by Gasteiger charge is 2.14. The number of carbonyl (C=O) groups excluding carboxylic acids is 1. The van der Waals surface area contributed by atoms with Crippen LogP contribution >= 0.6 is 11.3 Å². The molecule has 0 radical (unpaired) electrons. The molecule has 0 bridgehead atoms. The molecular weight excluding hydrogens is 248 g/mol. The Bertz CT molecular complexity index is 535. The Morgan fingerprint density at radius 3 is 3.00 bits per heavy atom. The zero-order chi connectivity index (χ0) is 13.3. The van der Waals surface area contributed by atoms with Crippen molar-refractivity contribution in [2.45, 2.75) is 26.3 Å². The molecule has 2 heterocycles. The second kappa shape index (κ2) is 5.07. The third-order valence-corrected chi connectivity index (χ3v) is 4.01. The summed E-state index contributed by atoms with van der Waals surface area (Å²) in [5, 5.41) is 8.25. The van der Waals surface area contributed by atoms with Crippen molar-refractivity contribution in [3.05, 3.63) is 16.6 Å². The fourth-order valence-corrected chi connectivity index (χ4v) is 2.86. The number of nitrogens with one attached hydrogen (secondary N) is 1. The lowest BCUT2D eigenvalue weighted by molar-refractivity contribution is 0.0957. The first-order valence-electron chi connectivity index (χ1n) is 5.96. The number of rotatable bonds is 4. The smallest absolute Gasteiger partial charge is 0.261 e. The number of aryl methyl sites for hydroxylation is 2. The van der Waals surface area contributed by atoms with Crippen LogP contribution < -0.4 is 11.1 Å². The molecule has 0 spiro atoms. The minimum Gasteiger partial charge on any atom is -0.351 e. The van der Waals surface area contributed by atoms with Gasteiger partial charge in [0.05, 0.1) is 10.6 Å². The highest BCUT2D eigenvalue weighted by atomic mass is 32.1. The van der Waals surface area contributed by atoms with Gasteiger partial charge in [-0.25, -0.2) is 0 Å². The van der Waals surface area contributed by atoms with E-state index in [-0.39, 0.29) is 11.9 Å². The van der Waals surface area contributed by atoms with E-state index in [0.29, 0.717) is 6.54 Å². The molecule has 3 N–H and O–H groups in total. The summed E-state index contributed by atoms with van der Waals surface area (Å²) in [5.41, 5.74) is 6.60. The molecule has 1 unspecified atom stereocenters. The number of aromatic nitrogens is 2. The van der Waals surface area contributed by atoms with Crippen LogP contribution in [0.25, 0.3) is 10.2 Å². The number of hydrogen-bond donors (Lipinski definition) is 2. The van der Waals surface area contributed by atoms with Gasteiger partial charge in [-0.05, 0) is 26.3 Å². The number of hydrogen-bond acceptors (Lipinski definition) is 4. The van der Waals surface area contributed by atoms with Gasteiger partial charge in [-0.1, -0.05) is 0 Å². The monoisotopic (exact) mass is 266 g/mol. The highest BCUT2D eigenvalue weighted by Crippen LogP contribution is 2.27. The van der Waals surface area contributed by atoms with Crippen LogP contribution in [0.4, 0.5) is 0 Å². The Morgan fingerprint density at radius 2 is 2.39 bits per heavy atom. The summed E-state index contributed by atoms with van der Waals surface area (Å²) in [4.78, 5) is 13.7. The van der Waals surface area contributed by atoms with Gasteiger partial charge in [0.2, 0.25) is 0 Å². The molecule has 2 aromatic heterocycles. The molecule has 98 valence electrons. The van der Waals surface area contributed by atoms with Crippen LogP contribution in [-0.4, -0.2) is 28.3 Å². The second-order valence-electron chi connectivity index (χ2n) is 4.56. The number of fused-ring (bicyclic) bond motifs is 1. The standard InChI is InChI=1S/C12H18N4OS/c1-7(13)4-5-14-11(17)10-6-9-8(2)15-16(3)12(9)18-10/h6-7H,4-5,13H2,1-3H3,(H,14,17). The minimum atomic E-state index is -0.0312. The summed E-state index contributed by atoms with van der Waals surface area (Å²) in [6.07, 6.45) is 0.789. The van der Waals surface area contributed by atoms with E-state index in [2.05, 4.69) is 10.4 Å². The summed E-state index contributed by atoms with van der Waals surface area (Å²) in [6.45, 7) is 4.50. The van der Waals surface area contributed by atoms with Crippen LogP contribution in [-0.2, 0) is 7.05 Å². The van der Waals surface area contributed by atoms with Crippen LogP contribution in [0.5, 0.6) is 0 Å². The molecule has 6 heteroatoms. The van der Waals surface area contributed by atoms with Crippen LogP contribution in [0.15, 0.2) is 6.07 Å². The van der Waals surface area contributed by atoms with Crippen molar-refractivity contribution in [1.29, 1.82) is 0 Å². The molecule has 0 saturated heterocycles. The van der Waals surface area contributed by atoms with Crippen molar-refractivity contribution < 1.29 is 4.79 Å². The van der Waals surface area contributed by atoms with E-state index in [1.807, 2.05) is 31.6 Å². The van der Waals surface area contributed by atoms with E-state index >= 15 is 0 Å². The molecule has 0 aliphatic heterocycles. The molecule has 1 amide bonds. The van der Waals surface area contributed by atoms with Gasteiger partial charge in [0.15, 0.2) is 0 Å². The molecule has 0 fully saturated rings. The maximum atomic E-state index is 11.9. The highest BCUT2D eigenvalue weighted by molar-refractivity contribution is 7.20. The van der Waals surface area contributed by atoms with Gasteiger partial charge < -0.3 is 11.1 Å². The predicted octanol–water partition coefficient (Wildman–Crippen LogP) is 1.41. The van der Waals surface area contributed by atoms with Crippen molar-refractivity contribution >= 4 is 27.5 Å². The van der Waals surface area contributed by atoms with E-state index in [1.165, 1.54) is 11.3 Å². The van der Waals surface area contributed by atoms with Crippen LogP contribution in [0.1, 0.15) is 28.7 Å². The first kappa shape index (κ1) is 13.0. The first-order valence-corrected chi connectivity index (χ1v) is 6.77. The van der Waals surface area contributed by atoms with Gasteiger partial charge in [0.1, 0.15) is 4.83 Å². The summed E-state index contributed by atoms with van der Waals surface area (Å²) >= 11 is 1.47. The molecule has 0 saturated carbocycles. The number of nitrogens with zero attached hydrogens (tertiary/aromatic N) is 2. The molecule has 5 nitrogen and oxygen atoms in total. The van der Waals surface area contributed by atoms with E-state index in [1.54, 1.807) is 0 Å². The largest absolute Gasteiger partial charge is 0.351 e. The summed E-state index contributed by atoms with van der Waals surface area (Å²) in [6, 6.07) is 2.02. The zero-order valence-corrected chi connectivity index (χ0v) is 11.7. The Kier molecular flexibility index (Phi) is 3.68. The summed E-state index contributed by atoms with van der Waals surface area (Å²) in [5.74, 6) is -0.0312. The van der Waals surface area contributed by atoms with Crippen molar-refractivity contribution in [2.24, 2.45) is 12.8 Å². The van der Waals surface area contributed by atoms with Crippen molar-refractivity contribution in [2.75, 3.05) is 6.54 Å². The van der Waals surface area contributed by atoms with Gasteiger partial charge in [-0.2, -0.15) is 5.10 Å². The van der Waals surface area contributed by atoms with Crippen molar-refractivity contribution in [3.8, 4) is 0 Å². The predicted molar refractivity (Wildman–Crippen MR) is 73.9 cm³/mol. The summed E-state index contributed by atoms with van der Waals surface area (Å²) in [7, 11) is 1.89. The number of amides is 1. The van der Waals surface area contributed by atoms with Gasteiger partial charge >= 0.3 is 0 Å². The van der Waals surface area contributed by atoms with Gasteiger partial charge in [0, 0.05) is 25.0 Å². The zero-order valence-electron chi connectivity index (χ0n) is 10.9. The average molecular weight is 266 g/mol. The third kappa shape index (κ3) is 2.54. The fourth-order valence-electron chi connectivity index (χ4n) is 1.82. The Balaban J connectivity index is 2.11. The lowest BCUT2D eigenvalue weighted by Gasteiger charge is -2.05. The first-order chi connectivity index (χ1) is 8.49. The molecule has 0 aliphatic rings. The normalized spacial score (nSPS) is 12.9. The molecule has 1 atom stereocenters. The van der Waals surface area contributed by atoms with Crippen molar-refractivity contribution in [3.63, 3.8) is 0 Å². The number of thiophene rings is 1. The summed E-state index contributed by atoms with van der Waals surface area (Å²) < 4.78 is 1.81. The lowest BCUT2D eigenvalue weighted by atomic mass is 10.2. The maximum absolute atomic E-state index is 11.9. The van der Waals surface area contributed by atoms with E-state index in [4.69, 9.17) is 5.73 Å². The Morgan fingerprint density at radius 1 is 1.67 bits per heavy atom. The van der Waals surface area contributed by atoms with Crippen LogP contribution in [0.3, 0.4) is 0 Å². The number of carbonyl (C=O) groups is 1. The molecular formula is C12H18N4OS. The van der Waals surface area contributed by atoms with Crippen LogP contribution in [0.2, 0.25) is 0 Å². The van der Waals surface area contributed by atoms with E-state index in [0.717, 1.165) is 27.2 Å². The topological polar surface area (TPSA) is 72.9 Å². The van der Waals surface area contributed by atoms with E-state index in [9.17, 15) is 4.79 Å². The van der Waals surface area contributed by atoms with Gasteiger partial charge in [-0.15, -0.1) is 11.3 Å². The van der Waals surface area contributed by atoms with Crippen molar-refractivity contribution in [1.82, 2.24) is 15.1 Å². The molecule has 2 aromatic rings. The minimum absolute atomic E-state index is 0.0312. The molecule has 2 rings (SSSR count). The molecule has 0 aromatic carbocycles. The second-order valence-corrected chi connectivity index (χ2v) is 5.59. The molecule has 0 aliphatic carbocycles. The SMILES string of the molecule is Cc1nn(C)c2sc(C(=O)NCCC(C)N)cc12. The quantitative estimate of drug-likeness (QED) is 0.878. The Hall–Kier alpha value is -1.40. The fraction of sp³-hybridized carbons (Fsp3) is 0.500. The van der Waals surface area contributed by atoms with Gasteiger partial charge in [0.25, 0.3) is 5.91 Å². The van der Waals surface area contributed by atoms with E-state index < -0.39 is 0 Å². The van der Waals surface area contributed by atoms with Gasteiger partial charge in [-0.3, -0.25) is 9.48 Å².